The Balaban J connectivity index is 1.40. The molecule has 3 heterocycles. The number of ether oxygens (including phenoxy) is 1. The number of hydrogen-bond acceptors (Lipinski definition) is 6. The van der Waals surface area contributed by atoms with Gasteiger partial charge in [-0.2, -0.15) is 0 Å². The molecule has 3 aromatic rings. The third kappa shape index (κ3) is 6.04. The molecular weight excluding hydrogens is 416 g/mol. The number of pyridine rings is 1. The average molecular weight is 447 g/mol. The van der Waals surface area contributed by atoms with E-state index in [4.69, 9.17) is 4.74 Å². The molecule has 33 heavy (non-hydrogen) atoms. The predicted molar refractivity (Wildman–Crippen MR) is 130 cm³/mol. The van der Waals surface area contributed by atoms with Crippen molar-refractivity contribution >= 4 is 17.5 Å². The molecule has 1 saturated heterocycles. The molecular formula is C25H30N6O2. The van der Waals surface area contributed by atoms with E-state index in [1.165, 1.54) is 19.0 Å². The van der Waals surface area contributed by atoms with Gasteiger partial charge in [-0.1, -0.05) is 6.42 Å². The first-order chi connectivity index (χ1) is 15.9. The standard InChI is InChI=1S/C25H30N6O2/c1-17-12-19(7-9-22(17)33-16-25(3)10-4-5-11-28-25)21-14-26-15-23(30-21)31-24(32)29-20-8-6-18(2)27-13-20/h6-9,12-15,28H,4-5,10-11,16H2,1-3H3,(H2,29,30,31,32)/t25-/m0/s1. The van der Waals surface area contributed by atoms with Crippen molar-refractivity contribution in [3.63, 3.8) is 0 Å². The Morgan fingerprint density at radius 2 is 2.00 bits per heavy atom. The molecule has 172 valence electrons. The predicted octanol–water partition coefficient (Wildman–Crippen LogP) is 4.71. The zero-order chi connectivity index (χ0) is 23.3. The maximum Gasteiger partial charge on any atom is 0.324 e. The zero-order valence-corrected chi connectivity index (χ0v) is 19.3. The molecule has 0 bridgehead atoms. The second-order valence-corrected chi connectivity index (χ2v) is 8.77. The number of amides is 2. The van der Waals surface area contributed by atoms with Gasteiger partial charge in [0.15, 0.2) is 5.82 Å². The minimum absolute atomic E-state index is 0.0179. The second kappa shape index (κ2) is 9.95. The van der Waals surface area contributed by atoms with Crippen LogP contribution in [-0.4, -0.2) is 39.7 Å². The summed E-state index contributed by atoms with van der Waals surface area (Å²) in [6.45, 7) is 7.81. The fourth-order valence-corrected chi connectivity index (χ4v) is 3.84. The number of piperidine rings is 1. The highest BCUT2D eigenvalue weighted by atomic mass is 16.5. The van der Waals surface area contributed by atoms with Crippen LogP contribution < -0.4 is 20.7 Å². The van der Waals surface area contributed by atoms with Crippen LogP contribution in [-0.2, 0) is 0 Å². The number of nitrogens with zero attached hydrogens (tertiary/aromatic N) is 3. The van der Waals surface area contributed by atoms with Gasteiger partial charge in [-0.15, -0.1) is 0 Å². The molecule has 0 aliphatic carbocycles. The summed E-state index contributed by atoms with van der Waals surface area (Å²) in [5.41, 5.74) is 4.10. The first-order valence-electron chi connectivity index (χ1n) is 11.2. The van der Waals surface area contributed by atoms with Crippen LogP contribution in [0.5, 0.6) is 5.75 Å². The smallest absolute Gasteiger partial charge is 0.324 e. The van der Waals surface area contributed by atoms with Gasteiger partial charge < -0.3 is 15.4 Å². The summed E-state index contributed by atoms with van der Waals surface area (Å²) in [7, 11) is 0. The van der Waals surface area contributed by atoms with Gasteiger partial charge >= 0.3 is 6.03 Å². The number of carbonyl (C=O) groups is 1. The average Bonchev–Trinajstić information content (AvgIpc) is 2.80. The van der Waals surface area contributed by atoms with Crippen molar-refractivity contribution in [2.24, 2.45) is 0 Å². The van der Waals surface area contributed by atoms with Crippen LogP contribution in [0.4, 0.5) is 16.3 Å². The Morgan fingerprint density at radius 1 is 1.12 bits per heavy atom. The third-order valence-corrected chi connectivity index (χ3v) is 5.77. The number of hydrogen-bond donors (Lipinski definition) is 3. The molecule has 1 aromatic carbocycles. The summed E-state index contributed by atoms with van der Waals surface area (Å²) in [5.74, 6) is 1.22. The van der Waals surface area contributed by atoms with E-state index in [-0.39, 0.29) is 5.54 Å². The molecule has 1 aliphatic rings. The normalized spacial score (nSPS) is 17.9. The lowest BCUT2D eigenvalue weighted by Gasteiger charge is -2.34. The van der Waals surface area contributed by atoms with Crippen molar-refractivity contribution in [2.45, 2.75) is 45.6 Å². The van der Waals surface area contributed by atoms with E-state index in [9.17, 15) is 4.79 Å². The van der Waals surface area contributed by atoms with E-state index < -0.39 is 6.03 Å². The number of urea groups is 1. The molecule has 4 rings (SSSR count). The van der Waals surface area contributed by atoms with E-state index in [0.29, 0.717) is 23.8 Å². The van der Waals surface area contributed by atoms with Gasteiger partial charge in [-0.3, -0.25) is 15.3 Å². The molecule has 0 spiro atoms. The maximum absolute atomic E-state index is 12.3. The second-order valence-electron chi connectivity index (χ2n) is 8.77. The Hall–Kier alpha value is -3.52. The van der Waals surface area contributed by atoms with Crippen LogP contribution >= 0.6 is 0 Å². The van der Waals surface area contributed by atoms with Crippen molar-refractivity contribution in [3.8, 4) is 17.0 Å². The highest BCUT2D eigenvalue weighted by Crippen LogP contribution is 2.27. The number of anilines is 2. The lowest BCUT2D eigenvalue weighted by molar-refractivity contribution is 0.163. The largest absolute Gasteiger partial charge is 0.491 e. The molecule has 1 aliphatic heterocycles. The molecule has 8 nitrogen and oxygen atoms in total. The zero-order valence-electron chi connectivity index (χ0n) is 19.3. The fourth-order valence-electron chi connectivity index (χ4n) is 3.84. The Bertz CT molecular complexity index is 1110. The van der Waals surface area contributed by atoms with Crippen molar-refractivity contribution in [2.75, 3.05) is 23.8 Å². The van der Waals surface area contributed by atoms with Crippen LogP contribution in [0.3, 0.4) is 0 Å². The lowest BCUT2D eigenvalue weighted by atomic mass is 9.92. The number of nitrogens with one attached hydrogen (secondary N) is 3. The number of benzene rings is 1. The first kappa shape index (κ1) is 22.7. The molecule has 2 amide bonds. The van der Waals surface area contributed by atoms with Gasteiger partial charge in [0.2, 0.25) is 0 Å². The van der Waals surface area contributed by atoms with Crippen molar-refractivity contribution in [1.82, 2.24) is 20.3 Å². The Labute approximate surface area is 194 Å². The summed E-state index contributed by atoms with van der Waals surface area (Å²) < 4.78 is 6.14. The van der Waals surface area contributed by atoms with E-state index in [1.54, 1.807) is 18.5 Å². The summed E-state index contributed by atoms with van der Waals surface area (Å²) in [4.78, 5) is 25.2. The van der Waals surface area contributed by atoms with Gasteiger partial charge in [-0.05, 0) is 76.1 Å². The third-order valence-electron chi connectivity index (χ3n) is 5.77. The Kier molecular flexibility index (Phi) is 6.84. The van der Waals surface area contributed by atoms with E-state index >= 15 is 0 Å². The van der Waals surface area contributed by atoms with Crippen LogP contribution in [0.15, 0.2) is 48.9 Å². The van der Waals surface area contributed by atoms with Crippen LogP contribution in [0.1, 0.15) is 37.4 Å². The maximum atomic E-state index is 12.3. The number of rotatable bonds is 6. The lowest BCUT2D eigenvalue weighted by Crippen LogP contribution is -2.50. The SMILES string of the molecule is Cc1ccc(NC(=O)Nc2cncc(-c3ccc(OC[C@]4(C)CCCCN4)c(C)c3)n2)cn1. The van der Waals surface area contributed by atoms with Gasteiger partial charge in [0.25, 0.3) is 0 Å². The molecule has 8 heteroatoms. The molecule has 0 saturated carbocycles. The highest BCUT2D eigenvalue weighted by molar-refractivity contribution is 5.99. The molecule has 2 aromatic heterocycles. The molecule has 0 radical (unpaired) electrons. The summed E-state index contributed by atoms with van der Waals surface area (Å²) in [5, 5.41) is 9.03. The Morgan fingerprint density at radius 3 is 2.73 bits per heavy atom. The number of carbonyl (C=O) groups excluding carboxylic acids is 1. The van der Waals surface area contributed by atoms with Gasteiger partial charge in [-0.25, -0.2) is 9.78 Å². The topological polar surface area (TPSA) is 101 Å². The van der Waals surface area contributed by atoms with Crippen molar-refractivity contribution in [1.29, 1.82) is 0 Å². The van der Waals surface area contributed by atoms with E-state index in [0.717, 1.165) is 35.5 Å². The van der Waals surface area contributed by atoms with Crippen molar-refractivity contribution < 1.29 is 9.53 Å². The van der Waals surface area contributed by atoms with Gasteiger partial charge in [0.1, 0.15) is 12.4 Å². The first-order valence-corrected chi connectivity index (χ1v) is 11.2. The monoisotopic (exact) mass is 446 g/mol. The van der Waals surface area contributed by atoms with Crippen LogP contribution in [0, 0.1) is 13.8 Å². The van der Waals surface area contributed by atoms with E-state index in [2.05, 4.69) is 37.8 Å². The molecule has 3 N–H and O–H groups in total. The minimum Gasteiger partial charge on any atom is -0.491 e. The van der Waals surface area contributed by atoms with Crippen LogP contribution in [0.25, 0.3) is 11.3 Å². The van der Waals surface area contributed by atoms with E-state index in [1.807, 2.05) is 38.1 Å². The summed E-state index contributed by atoms with van der Waals surface area (Å²) in [6, 6.07) is 9.17. The van der Waals surface area contributed by atoms with Crippen molar-refractivity contribution in [3.05, 3.63) is 60.2 Å². The molecule has 1 atom stereocenters. The van der Waals surface area contributed by atoms with Gasteiger partial charge in [0, 0.05) is 16.8 Å². The minimum atomic E-state index is -0.406. The van der Waals surface area contributed by atoms with Gasteiger partial charge in [0.05, 0.1) is 30.0 Å². The summed E-state index contributed by atoms with van der Waals surface area (Å²) in [6.07, 6.45) is 8.37. The number of aromatic nitrogens is 3. The molecule has 0 unspecified atom stereocenters. The fraction of sp³-hybridized carbons (Fsp3) is 0.360. The highest BCUT2D eigenvalue weighted by Gasteiger charge is 2.27. The summed E-state index contributed by atoms with van der Waals surface area (Å²) >= 11 is 0. The quantitative estimate of drug-likeness (QED) is 0.507. The van der Waals surface area contributed by atoms with Crippen LogP contribution in [0.2, 0.25) is 0 Å². The number of aryl methyl sites for hydroxylation is 2. The molecule has 1 fully saturated rings.